The summed E-state index contributed by atoms with van der Waals surface area (Å²) in [4.78, 5) is -0.453. The first-order valence-corrected chi connectivity index (χ1v) is 8.79. The predicted molar refractivity (Wildman–Crippen MR) is 81.6 cm³/mol. The molecule has 1 aromatic heterocycles. The largest absolute Gasteiger partial charge is 0.398 e. The van der Waals surface area contributed by atoms with Gasteiger partial charge in [-0.1, -0.05) is 0 Å². The van der Waals surface area contributed by atoms with Crippen molar-refractivity contribution in [2.45, 2.75) is 18.4 Å². The average Bonchev–Trinajstić information content (AvgIpc) is 2.77. The Labute approximate surface area is 129 Å². The number of nitrogens with two attached hydrogens (primary N) is 1. The lowest BCUT2D eigenvalue weighted by Crippen LogP contribution is -2.24. The quantitative estimate of drug-likeness (QED) is 0.803. The summed E-state index contributed by atoms with van der Waals surface area (Å²) in [5.41, 5.74) is 7.62. The van der Waals surface area contributed by atoms with E-state index in [-0.39, 0.29) is 12.2 Å². The van der Waals surface area contributed by atoms with Crippen molar-refractivity contribution in [1.29, 1.82) is 0 Å². The number of sulfonamides is 1. The minimum absolute atomic E-state index is 0.118. The Morgan fingerprint density at radius 2 is 2.10 bits per heavy atom. The van der Waals surface area contributed by atoms with Crippen LogP contribution in [0.1, 0.15) is 11.1 Å². The lowest BCUT2D eigenvalue weighted by molar-refractivity contribution is 0.556. The zero-order chi connectivity index (χ0) is 14.9. The van der Waals surface area contributed by atoms with Gasteiger partial charge in [0, 0.05) is 16.7 Å². The number of halogens is 2. The van der Waals surface area contributed by atoms with Crippen molar-refractivity contribution in [2.75, 3.05) is 5.73 Å². The second-order valence-electron chi connectivity index (χ2n) is 4.21. The van der Waals surface area contributed by atoms with Gasteiger partial charge in [0.05, 0.1) is 0 Å². The number of hydrogen-bond donors (Lipinski definition) is 2. The van der Waals surface area contributed by atoms with E-state index >= 15 is 0 Å². The van der Waals surface area contributed by atoms with E-state index in [9.17, 15) is 12.8 Å². The third kappa shape index (κ3) is 3.20. The monoisotopic (exact) mass is 378 g/mol. The Morgan fingerprint density at radius 3 is 2.70 bits per heavy atom. The van der Waals surface area contributed by atoms with Gasteiger partial charge in [-0.05, 0) is 56.9 Å². The second kappa shape index (κ2) is 5.80. The maximum Gasteiger partial charge on any atom is 0.243 e. The summed E-state index contributed by atoms with van der Waals surface area (Å²) in [6.45, 7) is 2.01. The number of aryl methyl sites for hydroxylation is 1. The first-order chi connectivity index (χ1) is 9.31. The van der Waals surface area contributed by atoms with Crippen LogP contribution in [0.3, 0.4) is 0 Å². The molecule has 3 N–H and O–H groups in total. The molecule has 0 aliphatic carbocycles. The van der Waals surface area contributed by atoms with Crippen molar-refractivity contribution in [3.05, 3.63) is 44.3 Å². The molecule has 0 unspecified atom stereocenters. The van der Waals surface area contributed by atoms with Gasteiger partial charge >= 0.3 is 0 Å². The van der Waals surface area contributed by atoms with E-state index in [0.29, 0.717) is 4.47 Å². The molecule has 4 nitrogen and oxygen atoms in total. The van der Waals surface area contributed by atoms with Crippen LogP contribution < -0.4 is 10.5 Å². The maximum absolute atomic E-state index is 13.8. The minimum atomic E-state index is -3.94. The molecule has 0 aliphatic heterocycles. The van der Waals surface area contributed by atoms with E-state index in [1.54, 1.807) is 0 Å². The van der Waals surface area contributed by atoms with E-state index in [4.69, 9.17) is 5.73 Å². The molecule has 0 amide bonds. The van der Waals surface area contributed by atoms with Crippen molar-refractivity contribution in [1.82, 2.24) is 4.72 Å². The standard InChI is InChI=1S/C12H12BrFN2O2S2/c1-7-5-19-6-8(7)4-16-20(17,18)12-3-11(15)9(13)2-10(12)14/h2-3,5-6,16H,4,15H2,1H3. The highest BCUT2D eigenvalue weighted by Gasteiger charge is 2.20. The number of rotatable bonds is 4. The smallest absolute Gasteiger partial charge is 0.243 e. The Kier molecular flexibility index (Phi) is 4.48. The molecule has 1 aromatic carbocycles. The van der Waals surface area contributed by atoms with Crippen LogP contribution in [-0.4, -0.2) is 8.42 Å². The number of benzene rings is 1. The van der Waals surface area contributed by atoms with Crippen LogP contribution in [-0.2, 0) is 16.6 Å². The van der Waals surface area contributed by atoms with Gasteiger partial charge in [-0.3, -0.25) is 0 Å². The van der Waals surface area contributed by atoms with Gasteiger partial charge in [0.2, 0.25) is 10.0 Å². The van der Waals surface area contributed by atoms with Crippen molar-refractivity contribution >= 4 is 43.0 Å². The molecular weight excluding hydrogens is 367 g/mol. The van der Waals surface area contributed by atoms with Gasteiger partial charge in [-0.25, -0.2) is 17.5 Å². The van der Waals surface area contributed by atoms with E-state index in [1.807, 2.05) is 17.7 Å². The summed E-state index contributed by atoms with van der Waals surface area (Å²) in [6, 6.07) is 2.14. The average molecular weight is 379 g/mol. The van der Waals surface area contributed by atoms with Crippen LogP contribution in [0.25, 0.3) is 0 Å². The second-order valence-corrected chi connectivity index (χ2v) is 7.54. The molecule has 0 radical (unpaired) electrons. The minimum Gasteiger partial charge on any atom is -0.398 e. The summed E-state index contributed by atoms with van der Waals surface area (Å²) >= 11 is 4.53. The Balaban J connectivity index is 2.27. The molecule has 0 fully saturated rings. The SMILES string of the molecule is Cc1cscc1CNS(=O)(=O)c1cc(N)c(Br)cc1F. The normalized spacial score (nSPS) is 11.8. The summed E-state index contributed by atoms with van der Waals surface area (Å²) in [5, 5.41) is 3.77. The Morgan fingerprint density at radius 1 is 1.40 bits per heavy atom. The molecule has 0 spiro atoms. The molecule has 0 aliphatic rings. The highest BCUT2D eigenvalue weighted by molar-refractivity contribution is 9.10. The van der Waals surface area contributed by atoms with Gasteiger partial charge in [0.1, 0.15) is 10.7 Å². The maximum atomic E-state index is 13.8. The first kappa shape index (κ1) is 15.4. The number of anilines is 1. The van der Waals surface area contributed by atoms with Crippen LogP contribution in [0.15, 0.2) is 32.3 Å². The van der Waals surface area contributed by atoms with Crippen molar-refractivity contribution in [2.24, 2.45) is 0 Å². The van der Waals surface area contributed by atoms with Gasteiger partial charge in [0.25, 0.3) is 0 Å². The third-order valence-electron chi connectivity index (χ3n) is 2.75. The van der Waals surface area contributed by atoms with Crippen LogP contribution >= 0.6 is 27.3 Å². The molecule has 0 bridgehead atoms. The number of hydrogen-bond acceptors (Lipinski definition) is 4. The van der Waals surface area contributed by atoms with E-state index in [1.165, 1.54) is 11.3 Å². The van der Waals surface area contributed by atoms with Gasteiger partial charge in [-0.2, -0.15) is 11.3 Å². The molecular formula is C12H12BrFN2O2S2. The molecule has 8 heteroatoms. The van der Waals surface area contributed by atoms with Gasteiger partial charge in [-0.15, -0.1) is 0 Å². The molecule has 2 rings (SSSR count). The van der Waals surface area contributed by atoms with Crippen LogP contribution in [0, 0.1) is 12.7 Å². The van der Waals surface area contributed by atoms with Crippen LogP contribution in [0.2, 0.25) is 0 Å². The topological polar surface area (TPSA) is 72.2 Å². The van der Waals surface area contributed by atoms with E-state index in [2.05, 4.69) is 20.7 Å². The molecule has 0 saturated heterocycles. The molecule has 20 heavy (non-hydrogen) atoms. The number of thiophene rings is 1. The van der Waals surface area contributed by atoms with E-state index < -0.39 is 20.7 Å². The lowest BCUT2D eigenvalue weighted by atomic mass is 10.2. The zero-order valence-corrected chi connectivity index (χ0v) is 13.7. The van der Waals surface area contributed by atoms with Crippen molar-refractivity contribution < 1.29 is 12.8 Å². The summed E-state index contributed by atoms with van der Waals surface area (Å²) in [7, 11) is -3.94. The first-order valence-electron chi connectivity index (χ1n) is 5.57. The zero-order valence-electron chi connectivity index (χ0n) is 10.5. The molecule has 2 aromatic rings. The van der Waals surface area contributed by atoms with Gasteiger partial charge in [0.15, 0.2) is 0 Å². The number of nitrogens with one attached hydrogen (secondary N) is 1. The molecule has 1 heterocycles. The van der Waals surface area contributed by atoms with Gasteiger partial charge < -0.3 is 5.73 Å². The van der Waals surface area contributed by atoms with Crippen LogP contribution in [0.4, 0.5) is 10.1 Å². The van der Waals surface area contributed by atoms with Crippen molar-refractivity contribution in [3.63, 3.8) is 0 Å². The van der Waals surface area contributed by atoms with Crippen molar-refractivity contribution in [3.8, 4) is 0 Å². The molecule has 108 valence electrons. The summed E-state index contributed by atoms with van der Waals surface area (Å²) in [6.07, 6.45) is 0. The van der Waals surface area contributed by atoms with Crippen LogP contribution in [0.5, 0.6) is 0 Å². The molecule has 0 atom stereocenters. The number of nitrogen functional groups attached to an aromatic ring is 1. The molecule has 0 saturated carbocycles. The fourth-order valence-electron chi connectivity index (χ4n) is 1.57. The van der Waals surface area contributed by atoms with E-state index in [0.717, 1.165) is 23.3 Å². The third-order valence-corrected chi connectivity index (χ3v) is 5.77. The fraction of sp³-hybridized carbons (Fsp3) is 0.167. The summed E-state index contributed by atoms with van der Waals surface area (Å²) in [5.74, 6) is -0.847. The summed E-state index contributed by atoms with van der Waals surface area (Å²) < 4.78 is 40.7. The predicted octanol–water partition coefficient (Wildman–Crippen LogP) is 3.02. The Bertz CT molecular complexity index is 744. The highest BCUT2D eigenvalue weighted by Crippen LogP contribution is 2.26. The fourth-order valence-corrected chi connectivity index (χ4v) is 3.84. The Hall–Kier alpha value is -0.960. The lowest BCUT2D eigenvalue weighted by Gasteiger charge is -2.09. The highest BCUT2D eigenvalue weighted by atomic mass is 79.9.